The maximum atomic E-state index is 12.5. The van der Waals surface area contributed by atoms with E-state index in [0.29, 0.717) is 6.54 Å². The monoisotopic (exact) mass is 301 g/mol. The van der Waals surface area contributed by atoms with E-state index in [9.17, 15) is 13.2 Å². The molecular formula is C15H22F3N3. The Labute approximate surface area is 123 Å². The van der Waals surface area contributed by atoms with Crippen molar-refractivity contribution in [2.75, 3.05) is 19.6 Å². The molecule has 0 unspecified atom stereocenters. The topological polar surface area (TPSA) is 32.5 Å². The highest BCUT2D eigenvalue weighted by Gasteiger charge is 2.30. The maximum Gasteiger partial charge on any atom is 0.390 e. The van der Waals surface area contributed by atoms with E-state index in [-0.39, 0.29) is 12.6 Å². The summed E-state index contributed by atoms with van der Waals surface area (Å²) >= 11 is 0. The summed E-state index contributed by atoms with van der Waals surface area (Å²) in [6.07, 6.45) is -3.23. The summed E-state index contributed by atoms with van der Waals surface area (Å²) in [5.41, 5.74) is 1.05. The van der Waals surface area contributed by atoms with Crippen molar-refractivity contribution in [1.29, 1.82) is 0 Å². The predicted molar refractivity (Wildman–Crippen MR) is 76.3 cm³/mol. The fraction of sp³-hybridized carbons (Fsp3) is 0.600. The van der Waals surface area contributed by atoms with Gasteiger partial charge in [0.05, 0.1) is 6.42 Å². The van der Waals surface area contributed by atoms with Crippen LogP contribution in [0.1, 0.15) is 24.8 Å². The molecule has 2 rings (SSSR count). The number of nitrogens with zero attached hydrogens (tertiary/aromatic N) is 2. The Kier molecular flexibility index (Phi) is 5.61. The van der Waals surface area contributed by atoms with Gasteiger partial charge >= 0.3 is 6.18 Å². The lowest BCUT2D eigenvalue weighted by atomic mass is 10.0. The van der Waals surface area contributed by atoms with Gasteiger partial charge in [0.1, 0.15) is 0 Å². The van der Waals surface area contributed by atoms with Gasteiger partial charge in [0.2, 0.25) is 0 Å². The van der Waals surface area contributed by atoms with E-state index in [1.165, 1.54) is 0 Å². The fourth-order valence-corrected chi connectivity index (χ4v) is 2.73. The van der Waals surface area contributed by atoms with Crippen molar-refractivity contribution in [2.45, 2.75) is 38.0 Å². The van der Waals surface area contributed by atoms with Gasteiger partial charge in [-0.15, -0.1) is 0 Å². The number of hydrogen-bond acceptors (Lipinski definition) is 3. The molecule has 1 aliphatic heterocycles. The first kappa shape index (κ1) is 16.3. The fourth-order valence-electron chi connectivity index (χ4n) is 2.73. The molecule has 1 aromatic rings. The molecule has 0 radical (unpaired) electrons. The van der Waals surface area contributed by atoms with E-state index < -0.39 is 12.6 Å². The van der Waals surface area contributed by atoms with Crippen LogP contribution in [0.15, 0.2) is 30.3 Å². The molecule has 6 heteroatoms. The highest BCUT2D eigenvalue weighted by atomic mass is 19.4. The molecule has 21 heavy (non-hydrogen) atoms. The van der Waals surface area contributed by atoms with Crippen LogP contribution in [0.25, 0.3) is 0 Å². The van der Waals surface area contributed by atoms with E-state index in [0.717, 1.165) is 31.5 Å². The number of halogens is 3. The highest BCUT2D eigenvalue weighted by Crippen LogP contribution is 2.24. The van der Waals surface area contributed by atoms with Crippen molar-refractivity contribution in [1.82, 2.24) is 9.91 Å². The van der Waals surface area contributed by atoms with Gasteiger partial charge in [-0.2, -0.15) is 13.2 Å². The number of nitrogens with two attached hydrogens (primary N) is 1. The SMILES string of the molecule is NN1CCC(N(CCC(F)(F)F)Cc2ccccc2)CC1. The molecule has 2 N–H and O–H groups in total. The molecule has 0 aliphatic carbocycles. The summed E-state index contributed by atoms with van der Waals surface area (Å²) in [6.45, 7) is 2.09. The van der Waals surface area contributed by atoms with Crippen molar-refractivity contribution in [2.24, 2.45) is 5.84 Å². The molecule has 0 atom stereocenters. The van der Waals surface area contributed by atoms with Gasteiger partial charge in [0.15, 0.2) is 0 Å². The third-order valence-corrected chi connectivity index (χ3v) is 3.93. The number of alkyl halides is 3. The number of hydrazine groups is 1. The van der Waals surface area contributed by atoms with Crippen LogP contribution in [0.3, 0.4) is 0 Å². The van der Waals surface area contributed by atoms with Crippen LogP contribution in [-0.2, 0) is 6.54 Å². The van der Waals surface area contributed by atoms with Gasteiger partial charge in [-0.3, -0.25) is 10.7 Å². The second-order valence-corrected chi connectivity index (χ2v) is 5.59. The molecule has 0 saturated carbocycles. The van der Waals surface area contributed by atoms with E-state index >= 15 is 0 Å². The molecule has 3 nitrogen and oxygen atoms in total. The van der Waals surface area contributed by atoms with Gasteiger partial charge in [-0.1, -0.05) is 30.3 Å². The molecule has 0 bridgehead atoms. The van der Waals surface area contributed by atoms with E-state index in [4.69, 9.17) is 5.84 Å². The highest BCUT2D eigenvalue weighted by molar-refractivity contribution is 5.14. The third-order valence-electron chi connectivity index (χ3n) is 3.93. The van der Waals surface area contributed by atoms with Crippen LogP contribution in [0.4, 0.5) is 13.2 Å². The summed E-state index contributed by atoms with van der Waals surface area (Å²) in [4.78, 5) is 1.95. The summed E-state index contributed by atoms with van der Waals surface area (Å²) < 4.78 is 37.6. The summed E-state index contributed by atoms with van der Waals surface area (Å²) in [5, 5.41) is 1.74. The minimum absolute atomic E-state index is 0.0492. The zero-order valence-corrected chi connectivity index (χ0v) is 12.0. The standard InChI is InChI=1S/C15H22F3N3/c16-15(17,18)8-11-20(12-13-4-2-1-3-5-13)14-6-9-21(19)10-7-14/h1-5,14H,6-12,19H2. The van der Waals surface area contributed by atoms with Crippen molar-refractivity contribution >= 4 is 0 Å². The maximum absolute atomic E-state index is 12.5. The third kappa shape index (κ3) is 5.65. The largest absolute Gasteiger partial charge is 0.390 e. The summed E-state index contributed by atoms with van der Waals surface area (Å²) in [7, 11) is 0. The van der Waals surface area contributed by atoms with Crippen LogP contribution in [0, 0.1) is 0 Å². The van der Waals surface area contributed by atoms with Gasteiger partial charge in [0.25, 0.3) is 0 Å². The Morgan fingerprint density at radius 1 is 1.14 bits per heavy atom. The van der Waals surface area contributed by atoms with Gasteiger partial charge in [-0.05, 0) is 18.4 Å². The molecule has 0 aromatic heterocycles. The van der Waals surface area contributed by atoms with Crippen molar-refractivity contribution in [3.63, 3.8) is 0 Å². The number of hydrogen-bond donors (Lipinski definition) is 1. The molecule has 1 fully saturated rings. The Morgan fingerprint density at radius 3 is 2.33 bits per heavy atom. The van der Waals surface area contributed by atoms with Gasteiger partial charge < -0.3 is 0 Å². The first-order valence-electron chi connectivity index (χ1n) is 7.28. The zero-order chi connectivity index (χ0) is 15.3. The number of rotatable bonds is 5. The van der Waals surface area contributed by atoms with Gasteiger partial charge in [-0.25, -0.2) is 5.01 Å². The smallest absolute Gasteiger partial charge is 0.296 e. The van der Waals surface area contributed by atoms with Crippen LogP contribution in [0.2, 0.25) is 0 Å². The lowest BCUT2D eigenvalue weighted by Gasteiger charge is -2.37. The summed E-state index contributed by atoms with van der Waals surface area (Å²) in [5.74, 6) is 5.73. The Morgan fingerprint density at radius 2 is 1.76 bits per heavy atom. The molecular weight excluding hydrogens is 279 g/mol. The van der Waals surface area contributed by atoms with E-state index in [2.05, 4.69) is 0 Å². The number of piperidine rings is 1. The lowest BCUT2D eigenvalue weighted by Crippen LogP contribution is -2.47. The summed E-state index contributed by atoms with van der Waals surface area (Å²) in [6, 6.07) is 9.83. The quantitative estimate of drug-likeness (QED) is 0.849. The minimum atomic E-state index is -4.11. The second-order valence-electron chi connectivity index (χ2n) is 5.59. The molecule has 1 aliphatic rings. The minimum Gasteiger partial charge on any atom is -0.296 e. The predicted octanol–water partition coefficient (Wildman–Crippen LogP) is 2.78. The van der Waals surface area contributed by atoms with Crippen LogP contribution in [-0.4, -0.2) is 41.8 Å². The lowest BCUT2D eigenvalue weighted by molar-refractivity contribution is -0.140. The second kappa shape index (κ2) is 7.24. The zero-order valence-electron chi connectivity index (χ0n) is 12.0. The van der Waals surface area contributed by atoms with Crippen molar-refractivity contribution in [3.05, 3.63) is 35.9 Å². The molecule has 118 valence electrons. The average molecular weight is 301 g/mol. The molecule has 1 heterocycles. The van der Waals surface area contributed by atoms with Crippen molar-refractivity contribution < 1.29 is 13.2 Å². The average Bonchev–Trinajstić information content (AvgIpc) is 2.45. The first-order valence-corrected chi connectivity index (χ1v) is 7.28. The van der Waals surface area contributed by atoms with Crippen LogP contribution < -0.4 is 5.84 Å². The van der Waals surface area contributed by atoms with E-state index in [1.807, 2.05) is 35.2 Å². The van der Waals surface area contributed by atoms with E-state index in [1.54, 1.807) is 5.01 Å². The van der Waals surface area contributed by atoms with Crippen molar-refractivity contribution in [3.8, 4) is 0 Å². The molecule has 1 saturated heterocycles. The first-order chi connectivity index (χ1) is 9.94. The molecule has 0 amide bonds. The number of benzene rings is 1. The Hall–Kier alpha value is -1.11. The molecule has 1 aromatic carbocycles. The normalized spacial score (nSPS) is 18.3. The Balaban J connectivity index is 1.99. The molecule has 0 spiro atoms. The van der Waals surface area contributed by atoms with Gasteiger partial charge in [0, 0.05) is 32.2 Å². The van der Waals surface area contributed by atoms with Crippen LogP contribution in [0.5, 0.6) is 0 Å². The Bertz CT molecular complexity index is 414. The van der Waals surface area contributed by atoms with Crippen LogP contribution >= 0.6 is 0 Å².